The van der Waals surface area contributed by atoms with Crippen LogP contribution in [0.15, 0.2) is 27.1 Å². The number of halogens is 2. The fourth-order valence-corrected chi connectivity index (χ4v) is 2.61. The van der Waals surface area contributed by atoms with Crippen molar-refractivity contribution >= 4 is 37.8 Å². The van der Waals surface area contributed by atoms with Crippen molar-refractivity contribution in [3.05, 3.63) is 27.1 Å². The van der Waals surface area contributed by atoms with Crippen LogP contribution in [-0.4, -0.2) is 30.7 Å². The number of amides is 1. The Balaban J connectivity index is 1.90. The van der Waals surface area contributed by atoms with Crippen LogP contribution in [0.3, 0.4) is 0 Å². The average Bonchev–Trinajstić information content (AvgIpc) is 2.81. The molecule has 1 aromatic rings. The molecule has 1 aromatic carbocycles. The van der Waals surface area contributed by atoms with Crippen LogP contribution in [-0.2, 0) is 9.63 Å². The van der Waals surface area contributed by atoms with Gasteiger partial charge in [0, 0.05) is 4.47 Å². The molecule has 0 unspecified atom stereocenters. The Morgan fingerprint density at radius 3 is 2.94 bits per heavy atom. The Morgan fingerprint density at radius 2 is 2.29 bits per heavy atom. The van der Waals surface area contributed by atoms with E-state index in [-0.39, 0.29) is 12.5 Å². The predicted molar refractivity (Wildman–Crippen MR) is 69.6 cm³/mol. The lowest BCUT2D eigenvalue weighted by molar-refractivity contribution is -0.170. The normalized spacial score (nSPS) is 15.1. The second-order valence-electron chi connectivity index (χ2n) is 3.55. The zero-order chi connectivity index (χ0) is 12.3. The van der Waals surface area contributed by atoms with Crippen LogP contribution in [0.25, 0.3) is 0 Å². The van der Waals surface area contributed by atoms with Gasteiger partial charge in [-0.3, -0.25) is 9.63 Å². The number of benzene rings is 1. The van der Waals surface area contributed by atoms with Gasteiger partial charge in [-0.2, -0.15) is 0 Å². The highest BCUT2D eigenvalue weighted by Gasteiger charge is 2.19. The lowest BCUT2D eigenvalue weighted by Crippen LogP contribution is -2.31. The van der Waals surface area contributed by atoms with E-state index in [1.807, 2.05) is 12.1 Å². The van der Waals surface area contributed by atoms with E-state index < -0.39 is 0 Å². The first-order valence-corrected chi connectivity index (χ1v) is 6.76. The summed E-state index contributed by atoms with van der Waals surface area (Å²) in [5, 5.41) is 1.35. The number of hydrogen-bond donors (Lipinski definition) is 0. The van der Waals surface area contributed by atoms with Crippen molar-refractivity contribution in [3.63, 3.8) is 0 Å². The lowest BCUT2D eigenvalue weighted by atomic mass is 10.3. The van der Waals surface area contributed by atoms with Gasteiger partial charge in [0.05, 0.1) is 17.6 Å². The topological polar surface area (TPSA) is 38.8 Å². The highest BCUT2D eigenvalue weighted by atomic mass is 79.9. The number of ether oxygens (including phenoxy) is 1. The van der Waals surface area contributed by atoms with Crippen molar-refractivity contribution in [2.45, 2.75) is 6.42 Å². The minimum absolute atomic E-state index is 0.0137. The maximum absolute atomic E-state index is 11.6. The summed E-state index contributed by atoms with van der Waals surface area (Å²) in [6, 6.07) is 5.52. The van der Waals surface area contributed by atoms with E-state index in [4.69, 9.17) is 9.57 Å². The van der Waals surface area contributed by atoms with Crippen LogP contribution in [0, 0.1) is 0 Å². The van der Waals surface area contributed by atoms with Crippen molar-refractivity contribution in [3.8, 4) is 5.75 Å². The molecule has 4 nitrogen and oxygen atoms in total. The van der Waals surface area contributed by atoms with E-state index in [0.717, 1.165) is 15.4 Å². The van der Waals surface area contributed by atoms with E-state index in [1.54, 1.807) is 6.07 Å². The molecule has 0 aromatic heterocycles. The molecule has 0 spiro atoms. The largest absolute Gasteiger partial charge is 0.482 e. The van der Waals surface area contributed by atoms with Crippen LogP contribution in [0.2, 0.25) is 0 Å². The zero-order valence-electron chi connectivity index (χ0n) is 8.99. The molecule has 6 heteroatoms. The second-order valence-corrected chi connectivity index (χ2v) is 5.32. The number of rotatable bonds is 3. The Hall–Kier alpha value is -0.590. The predicted octanol–water partition coefficient (Wildman–Crippen LogP) is 2.75. The van der Waals surface area contributed by atoms with Crippen molar-refractivity contribution < 1.29 is 14.4 Å². The van der Waals surface area contributed by atoms with Crippen molar-refractivity contribution in [2.24, 2.45) is 0 Å². The van der Waals surface area contributed by atoms with Crippen LogP contribution >= 0.6 is 31.9 Å². The molecule has 0 saturated carbocycles. The van der Waals surface area contributed by atoms with Crippen molar-refractivity contribution in [1.29, 1.82) is 0 Å². The smallest absolute Gasteiger partial charge is 0.283 e. The number of hydrogen-bond acceptors (Lipinski definition) is 3. The fraction of sp³-hybridized carbons (Fsp3) is 0.364. The zero-order valence-corrected chi connectivity index (χ0v) is 12.2. The number of nitrogens with zero attached hydrogens (tertiary/aromatic N) is 1. The summed E-state index contributed by atoms with van der Waals surface area (Å²) in [6.07, 6.45) is 0.883. The Morgan fingerprint density at radius 1 is 1.47 bits per heavy atom. The molecule has 17 heavy (non-hydrogen) atoms. The first kappa shape index (κ1) is 12.9. The SMILES string of the molecule is O=C(COc1ccc(Br)cc1Br)N1CCCO1. The highest BCUT2D eigenvalue weighted by Crippen LogP contribution is 2.28. The summed E-state index contributed by atoms with van der Waals surface area (Å²) in [5.74, 6) is 0.484. The first-order valence-electron chi connectivity index (χ1n) is 5.18. The second kappa shape index (κ2) is 5.84. The van der Waals surface area contributed by atoms with Gasteiger partial charge >= 0.3 is 0 Å². The van der Waals surface area contributed by atoms with Gasteiger partial charge < -0.3 is 4.74 Å². The first-order chi connectivity index (χ1) is 8.16. The molecule has 0 N–H and O–H groups in total. The molecule has 1 saturated heterocycles. The van der Waals surface area contributed by atoms with E-state index in [1.165, 1.54) is 5.06 Å². The molecule has 1 amide bonds. The van der Waals surface area contributed by atoms with Gasteiger partial charge in [0.25, 0.3) is 5.91 Å². The average molecular weight is 365 g/mol. The monoisotopic (exact) mass is 363 g/mol. The van der Waals surface area contributed by atoms with Gasteiger partial charge in [-0.25, -0.2) is 5.06 Å². The van der Waals surface area contributed by atoms with Crippen LogP contribution in [0.1, 0.15) is 6.42 Å². The van der Waals surface area contributed by atoms with E-state index in [2.05, 4.69) is 31.9 Å². The molecule has 1 heterocycles. The fourth-order valence-electron chi connectivity index (χ4n) is 1.45. The summed E-state index contributed by atoms with van der Waals surface area (Å²) < 4.78 is 7.18. The molecule has 92 valence electrons. The number of carbonyl (C=O) groups excluding carboxylic acids is 1. The van der Waals surface area contributed by atoms with Gasteiger partial charge in [-0.05, 0) is 40.5 Å². The quantitative estimate of drug-likeness (QED) is 0.827. The number of carbonyl (C=O) groups is 1. The molecule has 2 rings (SSSR count). The third-order valence-corrected chi connectivity index (χ3v) is 3.39. The summed E-state index contributed by atoms with van der Waals surface area (Å²) >= 11 is 6.72. The van der Waals surface area contributed by atoms with E-state index in [9.17, 15) is 4.79 Å². The standard InChI is InChI=1S/C11H11Br2NO3/c12-8-2-3-10(9(13)6-8)16-7-11(15)14-4-1-5-17-14/h2-3,6H,1,4-5,7H2. The summed E-state index contributed by atoms with van der Waals surface area (Å²) in [6.45, 7) is 1.23. The molecule has 1 aliphatic heterocycles. The minimum Gasteiger partial charge on any atom is -0.482 e. The lowest BCUT2D eigenvalue weighted by Gasteiger charge is -2.14. The van der Waals surface area contributed by atoms with Crippen molar-refractivity contribution in [1.82, 2.24) is 5.06 Å². The molecule has 1 aliphatic rings. The molecule has 0 bridgehead atoms. The van der Waals surface area contributed by atoms with Crippen LogP contribution < -0.4 is 4.74 Å². The third-order valence-electron chi connectivity index (χ3n) is 2.28. The van der Waals surface area contributed by atoms with Gasteiger partial charge in [0.2, 0.25) is 0 Å². The Labute approximate surface area is 116 Å². The molecule has 0 atom stereocenters. The van der Waals surface area contributed by atoms with Crippen LogP contribution in [0.5, 0.6) is 5.75 Å². The molecule has 1 fully saturated rings. The molecule has 0 radical (unpaired) electrons. The van der Waals surface area contributed by atoms with Crippen molar-refractivity contribution in [2.75, 3.05) is 19.8 Å². The summed E-state index contributed by atoms with van der Waals surface area (Å²) in [7, 11) is 0. The molecule has 0 aliphatic carbocycles. The molecular weight excluding hydrogens is 354 g/mol. The summed E-state index contributed by atoms with van der Waals surface area (Å²) in [4.78, 5) is 16.8. The van der Waals surface area contributed by atoms with Gasteiger partial charge in [-0.15, -0.1) is 0 Å². The third kappa shape index (κ3) is 3.43. The Kier molecular flexibility index (Phi) is 4.42. The van der Waals surface area contributed by atoms with Gasteiger partial charge in [-0.1, -0.05) is 15.9 Å². The minimum atomic E-state index is -0.155. The van der Waals surface area contributed by atoms with Crippen LogP contribution in [0.4, 0.5) is 0 Å². The van der Waals surface area contributed by atoms with E-state index in [0.29, 0.717) is 18.9 Å². The summed E-state index contributed by atoms with van der Waals surface area (Å²) in [5.41, 5.74) is 0. The maximum Gasteiger partial charge on any atom is 0.283 e. The van der Waals surface area contributed by atoms with Gasteiger partial charge in [0.1, 0.15) is 5.75 Å². The van der Waals surface area contributed by atoms with Gasteiger partial charge in [0.15, 0.2) is 6.61 Å². The Bertz CT molecular complexity index is 419. The number of hydroxylamine groups is 2. The molecular formula is C11H11Br2NO3. The maximum atomic E-state index is 11.6. The highest BCUT2D eigenvalue weighted by molar-refractivity contribution is 9.11. The van der Waals surface area contributed by atoms with E-state index >= 15 is 0 Å².